The molecule has 1 heterocycles. The molecule has 1 aliphatic rings. The molecule has 2 aromatic carbocycles. The second kappa shape index (κ2) is 12.4. The first-order chi connectivity index (χ1) is 17.6. The van der Waals surface area contributed by atoms with E-state index in [1.54, 1.807) is 48.5 Å². The number of esters is 1. The van der Waals surface area contributed by atoms with Crippen LogP contribution in [-0.2, 0) is 39.9 Å². The average molecular weight is 545 g/mol. The van der Waals surface area contributed by atoms with Crippen LogP contribution in [0.4, 0.5) is 13.2 Å². The molecule has 15 heteroatoms. The van der Waals surface area contributed by atoms with E-state index in [9.17, 15) is 26.4 Å². The third-order valence-corrected chi connectivity index (χ3v) is 6.27. The molecule has 1 fully saturated rings. The first kappa shape index (κ1) is 28.4. The number of carbonyl (C=O) groups is 1. The molecule has 0 amide bonds. The molecule has 0 aromatic heterocycles. The number of hydrogen-bond donors (Lipinski definition) is 0. The van der Waals surface area contributed by atoms with E-state index in [2.05, 4.69) is 14.2 Å². The van der Waals surface area contributed by atoms with Gasteiger partial charge in [-0.25, -0.2) is 4.79 Å². The van der Waals surface area contributed by atoms with Gasteiger partial charge in [0.2, 0.25) is 0 Å². The predicted molar refractivity (Wildman–Crippen MR) is 120 cm³/mol. The van der Waals surface area contributed by atoms with Crippen molar-refractivity contribution in [1.29, 1.82) is 0 Å². The summed E-state index contributed by atoms with van der Waals surface area (Å²) in [5, 5.41) is 3.46. The second-order valence-electron chi connectivity index (χ2n) is 7.66. The highest BCUT2D eigenvalue weighted by atomic mass is 32.2. The van der Waals surface area contributed by atoms with E-state index in [0.717, 1.165) is 0 Å². The average Bonchev–Trinajstić information content (AvgIpc) is 2.88. The fourth-order valence-electron chi connectivity index (χ4n) is 3.49. The quantitative estimate of drug-likeness (QED) is 0.110. The number of carbonyl (C=O) groups excluding carboxylic acids is 1. The molecule has 0 aliphatic carbocycles. The molecule has 2 aromatic rings. The fraction of sp³-hybridized carbons (Fsp3) is 0.409. The van der Waals surface area contributed by atoms with Crippen LogP contribution in [0.15, 0.2) is 65.8 Å². The molecule has 3 rings (SSSR count). The Bertz CT molecular complexity index is 1190. The molecule has 0 N–H and O–H groups in total. The third kappa shape index (κ3) is 7.19. The largest absolute Gasteiger partial charge is 0.523 e. The molecule has 0 radical (unpaired) electrons. The molecule has 0 bridgehead atoms. The second-order valence-corrected chi connectivity index (χ2v) is 9.22. The van der Waals surface area contributed by atoms with Gasteiger partial charge in [-0.3, -0.25) is 4.18 Å². The SMILES string of the molecule is CO[C@H]1OC(COC(=O)c2ccccc2)[C@@H](OS(=O)(=O)C(F)(F)F)[C@H](N=[N+]=[N-])C1OCc1ccccc1. The Kier molecular flexibility index (Phi) is 9.48. The van der Waals surface area contributed by atoms with Crippen molar-refractivity contribution in [2.45, 2.75) is 42.8 Å². The molecule has 5 atom stereocenters. The maximum atomic E-state index is 13.2. The van der Waals surface area contributed by atoms with Crippen molar-refractivity contribution in [3.8, 4) is 0 Å². The van der Waals surface area contributed by atoms with Gasteiger partial charge in [-0.05, 0) is 23.2 Å². The summed E-state index contributed by atoms with van der Waals surface area (Å²) in [6, 6.07) is 14.5. The predicted octanol–water partition coefficient (Wildman–Crippen LogP) is 3.71. The summed E-state index contributed by atoms with van der Waals surface area (Å²) in [5.74, 6) is -0.863. The van der Waals surface area contributed by atoms with E-state index in [-0.39, 0.29) is 12.2 Å². The Morgan fingerprint density at radius 3 is 2.27 bits per heavy atom. The van der Waals surface area contributed by atoms with Crippen molar-refractivity contribution in [2.75, 3.05) is 13.7 Å². The van der Waals surface area contributed by atoms with E-state index in [1.165, 1.54) is 19.2 Å². The van der Waals surface area contributed by atoms with E-state index in [1.807, 2.05) is 0 Å². The van der Waals surface area contributed by atoms with Crippen LogP contribution in [0.5, 0.6) is 0 Å². The number of alkyl halides is 3. The lowest BCUT2D eigenvalue weighted by Crippen LogP contribution is -2.61. The van der Waals surface area contributed by atoms with Crippen molar-refractivity contribution in [3.63, 3.8) is 0 Å². The molecule has 1 saturated heterocycles. The van der Waals surface area contributed by atoms with Crippen LogP contribution in [0.3, 0.4) is 0 Å². The van der Waals surface area contributed by atoms with Gasteiger partial charge in [0, 0.05) is 12.0 Å². The smallest absolute Gasteiger partial charge is 0.459 e. The van der Waals surface area contributed by atoms with Crippen LogP contribution in [0.25, 0.3) is 10.4 Å². The van der Waals surface area contributed by atoms with E-state index in [4.69, 9.17) is 24.5 Å². The number of rotatable bonds is 10. The van der Waals surface area contributed by atoms with Crippen LogP contribution in [-0.4, -0.2) is 64.3 Å². The molecular weight excluding hydrogens is 523 g/mol. The number of benzene rings is 2. The lowest BCUT2D eigenvalue weighted by molar-refractivity contribution is -0.276. The van der Waals surface area contributed by atoms with Crippen molar-refractivity contribution in [1.82, 2.24) is 0 Å². The van der Waals surface area contributed by atoms with Crippen molar-refractivity contribution >= 4 is 16.1 Å². The monoisotopic (exact) mass is 545 g/mol. The molecule has 1 aliphatic heterocycles. The summed E-state index contributed by atoms with van der Waals surface area (Å²) in [6.07, 6.45) is -6.48. The summed E-state index contributed by atoms with van der Waals surface area (Å²) >= 11 is 0. The van der Waals surface area contributed by atoms with Gasteiger partial charge in [0.25, 0.3) is 0 Å². The standard InChI is InChI=1S/C22H22F3N3O8S/c1-32-21-19(33-12-14-8-4-2-5-9-14)17(27-28-26)18(36-37(30,31)22(23,24)25)16(35-21)13-34-20(29)15-10-6-3-7-11-15/h2-11,16-19,21H,12-13H2,1H3/t16?,17-,18+,19?,21-/m0/s1. The van der Waals surface area contributed by atoms with Gasteiger partial charge in [-0.15, -0.1) is 0 Å². The summed E-state index contributed by atoms with van der Waals surface area (Å²) in [7, 11) is -5.00. The zero-order chi connectivity index (χ0) is 27.1. The third-order valence-electron chi connectivity index (χ3n) is 5.23. The Labute approximate surface area is 209 Å². The molecule has 11 nitrogen and oxygen atoms in total. The minimum absolute atomic E-state index is 0.113. The van der Waals surface area contributed by atoms with Gasteiger partial charge in [0.15, 0.2) is 6.29 Å². The maximum Gasteiger partial charge on any atom is 0.523 e. The number of ether oxygens (including phenoxy) is 4. The fourth-order valence-corrected chi connectivity index (χ4v) is 4.13. The van der Waals surface area contributed by atoms with Crippen LogP contribution in [0.1, 0.15) is 15.9 Å². The zero-order valence-corrected chi connectivity index (χ0v) is 20.0. The van der Waals surface area contributed by atoms with Gasteiger partial charge >= 0.3 is 21.6 Å². The van der Waals surface area contributed by atoms with Crippen LogP contribution < -0.4 is 0 Å². The Hall–Kier alpha value is -3.20. The van der Waals surface area contributed by atoms with Crippen LogP contribution in [0.2, 0.25) is 0 Å². The van der Waals surface area contributed by atoms with Crippen LogP contribution >= 0.6 is 0 Å². The van der Waals surface area contributed by atoms with Gasteiger partial charge in [0.05, 0.1) is 18.2 Å². The van der Waals surface area contributed by atoms with Gasteiger partial charge in [-0.2, -0.15) is 21.6 Å². The van der Waals surface area contributed by atoms with E-state index >= 15 is 0 Å². The lowest BCUT2D eigenvalue weighted by Gasteiger charge is -2.43. The number of nitrogens with zero attached hydrogens (tertiary/aromatic N) is 3. The zero-order valence-electron chi connectivity index (χ0n) is 19.2. The molecule has 0 spiro atoms. The van der Waals surface area contributed by atoms with Gasteiger partial charge < -0.3 is 18.9 Å². The number of halogens is 3. The van der Waals surface area contributed by atoms with E-state index in [0.29, 0.717) is 5.56 Å². The molecule has 0 saturated carbocycles. The summed E-state index contributed by atoms with van der Waals surface area (Å²) in [5.41, 5.74) is 4.10. The topological polar surface area (TPSA) is 146 Å². The van der Waals surface area contributed by atoms with E-state index < -0.39 is 58.8 Å². The normalized spacial score (nSPS) is 24.2. The Morgan fingerprint density at radius 2 is 1.70 bits per heavy atom. The molecule has 37 heavy (non-hydrogen) atoms. The highest BCUT2D eigenvalue weighted by molar-refractivity contribution is 7.87. The highest BCUT2D eigenvalue weighted by Crippen LogP contribution is 2.34. The molecule has 2 unspecified atom stereocenters. The summed E-state index contributed by atoms with van der Waals surface area (Å²) in [4.78, 5) is 15.0. The number of methoxy groups -OCH3 is 1. The van der Waals surface area contributed by atoms with Crippen LogP contribution in [0, 0.1) is 0 Å². The Balaban J connectivity index is 1.91. The van der Waals surface area contributed by atoms with Gasteiger partial charge in [0.1, 0.15) is 24.9 Å². The highest BCUT2D eigenvalue weighted by Gasteiger charge is 2.55. The first-order valence-corrected chi connectivity index (χ1v) is 12.1. The lowest BCUT2D eigenvalue weighted by atomic mass is 9.96. The number of azide groups is 1. The van der Waals surface area contributed by atoms with Crippen molar-refractivity contribution in [2.24, 2.45) is 5.11 Å². The maximum absolute atomic E-state index is 13.2. The Morgan fingerprint density at radius 1 is 1.08 bits per heavy atom. The summed E-state index contributed by atoms with van der Waals surface area (Å²) in [6.45, 7) is -0.868. The van der Waals surface area contributed by atoms with Crippen molar-refractivity contribution in [3.05, 3.63) is 82.2 Å². The van der Waals surface area contributed by atoms with Gasteiger partial charge in [-0.1, -0.05) is 53.6 Å². The van der Waals surface area contributed by atoms with Crippen molar-refractivity contribution < 1.29 is 49.5 Å². The first-order valence-electron chi connectivity index (χ1n) is 10.7. The molecule has 200 valence electrons. The minimum atomic E-state index is -6.19. The summed E-state index contributed by atoms with van der Waals surface area (Å²) < 4.78 is 89.5. The number of hydrogen-bond acceptors (Lipinski definition) is 9. The minimum Gasteiger partial charge on any atom is -0.459 e. The molecular formula is C22H22F3N3O8S.